The van der Waals surface area contributed by atoms with Crippen molar-refractivity contribution in [3.63, 3.8) is 0 Å². The van der Waals surface area contributed by atoms with Gasteiger partial charge >= 0.3 is 0 Å². The van der Waals surface area contributed by atoms with Crippen LogP contribution in [-0.4, -0.2) is 23.9 Å². The van der Waals surface area contributed by atoms with Crippen LogP contribution >= 0.6 is 0 Å². The molecule has 1 aromatic rings. The van der Waals surface area contributed by atoms with E-state index >= 15 is 0 Å². The minimum Gasteiger partial charge on any atom is -0.399 e. The standard InChI is InChI=1S/C13H17FN2O/c1-16(12-4-2-3-5-12)13(17)9-6-10(14)8-11(15)7-9/h6-8,12H,2-5,15H2,1H3. The van der Waals surface area contributed by atoms with Crippen LogP contribution in [-0.2, 0) is 0 Å². The molecule has 1 aliphatic rings. The third-order valence-corrected chi connectivity index (χ3v) is 3.36. The Morgan fingerprint density at radius 3 is 2.59 bits per heavy atom. The maximum absolute atomic E-state index is 13.2. The molecule has 1 aliphatic carbocycles. The number of anilines is 1. The zero-order chi connectivity index (χ0) is 12.4. The second-order valence-electron chi connectivity index (χ2n) is 4.63. The number of benzene rings is 1. The fraction of sp³-hybridized carbons (Fsp3) is 0.462. The molecule has 0 bridgehead atoms. The summed E-state index contributed by atoms with van der Waals surface area (Å²) in [5.41, 5.74) is 6.16. The van der Waals surface area contributed by atoms with Crippen LogP contribution in [0.4, 0.5) is 10.1 Å². The van der Waals surface area contributed by atoms with Gasteiger partial charge in [-0.25, -0.2) is 4.39 Å². The number of halogens is 1. The van der Waals surface area contributed by atoms with Gasteiger partial charge in [-0.15, -0.1) is 0 Å². The fourth-order valence-electron chi connectivity index (χ4n) is 2.40. The third-order valence-electron chi connectivity index (χ3n) is 3.36. The zero-order valence-electron chi connectivity index (χ0n) is 9.95. The normalized spacial score (nSPS) is 16.1. The molecule has 4 heteroatoms. The molecule has 1 amide bonds. The number of carbonyl (C=O) groups is 1. The number of amides is 1. The smallest absolute Gasteiger partial charge is 0.254 e. The van der Waals surface area contributed by atoms with Crippen LogP contribution in [0.5, 0.6) is 0 Å². The molecule has 0 atom stereocenters. The minimum absolute atomic E-state index is 0.150. The highest BCUT2D eigenvalue weighted by Crippen LogP contribution is 2.24. The SMILES string of the molecule is CN(C(=O)c1cc(N)cc(F)c1)C1CCCC1. The summed E-state index contributed by atoms with van der Waals surface area (Å²) in [6.07, 6.45) is 4.39. The molecule has 1 fully saturated rings. The Labute approximate surface area is 100 Å². The lowest BCUT2D eigenvalue weighted by Crippen LogP contribution is -2.35. The predicted molar refractivity (Wildman–Crippen MR) is 65.2 cm³/mol. The summed E-state index contributed by atoms with van der Waals surface area (Å²) in [5.74, 6) is -0.615. The summed E-state index contributed by atoms with van der Waals surface area (Å²) in [6, 6.07) is 4.26. The number of rotatable bonds is 2. The molecule has 0 unspecified atom stereocenters. The Morgan fingerprint density at radius 1 is 1.35 bits per heavy atom. The molecule has 2 N–H and O–H groups in total. The highest BCUT2D eigenvalue weighted by Gasteiger charge is 2.24. The van der Waals surface area contributed by atoms with Crippen molar-refractivity contribution in [2.45, 2.75) is 31.7 Å². The van der Waals surface area contributed by atoms with Gasteiger partial charge in [-0.2, -0.15) is 0 Å². The van der Waals surface area contributed by atoms with Gasteiger partial charge in [-0.3, -0.25) is 4.79 Å². The van der Waals surface area contributed by atoms with E-state index in [1.165, 1.54) is 18.2 Å². The molecular formula is C13H17FN2O. The lowest BCUT2D eigenvalue weighted by molar-refractivity contribution is 0.0734. The van der Waals surface area contributed by atoms with Gasteiger partial charge in [0.25, 0.3) is 5.91 Å². The Kier molecular flexibility index (Phi) is 3.31. The van der Waals surface area contributed by atoms with Gasteiger partial charge in [-0.05, 0) is 31.0 Å². The Morgan fingerprint density at radius 2 is 2.00 bits per heavy atom. The molecule has 0 aromatic heterocycles. The molecule has 2 rings (SSSR count). The predicted octanol–water partition coefficient (Wildman–Crippen LogP) is 2.42. The van der Waals surface area contributed by atoms with Crippen LogP contribution < -0.4 is 5.73 Å². The molecule has 0 heterocycles. The monoisotopic (exact) mass is 236 g/mol. The third kappa shape index (κ3) is 2.57. The van der Waals surface area contributed by atoms with Gasteiger partial charge in [0.1, 0.15) is 5.82 Å². The second-order valence-corrected chi connectivity index (χ2v) is 4.63. The Bertz CT molecular complexity index is 407. The lowest BCUT2D eigenvalue weighted by atomic mass is 10.1. The van der Waals surface area contributed by atoms with E-state index in [9.17, 15) is 9.18 Å². The highest BCUT2D eigenvalue weighted by molar-refractivity contribution is 5.95. The van der Waals surface area contributed by atoms with Crippen molar-refractivity contribution in [3.05, 3.63) is 29.6 Å². The number of carbonyl (C=O) groups excluding carboxylic acids is 1. The number of nitrogens with two attached hydrogens (primary N) is 1. The molecule has 0 radical (unpaired) electrons. The van der Waals surface area contributed by atoms with Crippen molar-refractivity contribution >= 4 is 11.6 Å². The van der Waals surface area contributed by atoms with E-state index in [4.69, 9.17) is 5.73 Å². The number of hydrogen-bond donors (Lipinski definition) is 1. The first-order valence-electron chi connectivity index (χ1n) is 5.91. The quantitative estimate of drug-likeness (QED) is 0.801. The van der Waals surface area contributed by atoms with Crippen molar-refractivity contribution < 1.29 is 9.18 Å². The first-order chi connectivity index (χ1) is 8.08. The van der Waals surface area contributed by atoms with Crippen LogP contribution in [0.1, 0.15) is 36.0 Å². The van der Waals surface area contributed by atoms with Gasteiger partial charge in [-0.1, -0.05) is 12.8 Å². The van der Waals surface area contributed by atoms with Crippen LogP contribution in [0.3, 0.4) is 0 Å². The maximum Gasteiger partial charge on any atom is 0.254 e. The zero-order valence-corrected chi connectivity index (χ0v) is 9.95. The van der Waals surface area contributed by atoms with Crippen LogP contribution in [0, 0.1) is 5.82 Å². The van der Waals surface area contributed by atoms with Crippen molar-refractivity contribution in [3.8, 4) is 0 Å². The Balaban J connectivity index is 2.17. The van der Waals surface area contributed by atoms with Gasteiger partial charge in [0.05, 0.1) is 0 Å². The summed E-state index contributed by atoms with van der Waals surface area (Å²) in [4.78, 5) is 13.8. The molecule has 0 aliphatic heterocycles. The van der Waals surface area contributed by atoms with Crippen molar-refractivity contribution in [2.24, 2.45) is 0 Å². The molecule has 3 nitrogen and oxygen atoms in total. The largest absolute Gasteiger partial charge is 0.399 e. The molecule has 17 heavy (non-hydrogen) atoms. The summed E-state index contributed by atoms with van der Waals surface area (Å²) >= 11 is 0. The van der Waals surface area contributed by atoms with Crippen molar-refractivity contribution in [1.29, 1.82) is 0 Å². The van der Waals surface area contributed by atoms with Crippen molar-refractivity contribution in [2.75, 3.05) is 12.8 Å². The number of nitrogens with zero attached hydrogens (tertiary/aromatic N) is 1. The maximum atomic E-state index is 13.2. The van der Waals surface area contributed by atoms with Crippen LogP contribution in [0.2, 0.25) is 0 Å². The summed E-state index contributed by atoms with van der Waals surface area (Å²) < 4.78 is 13.2. The average Bonchev–Trinajstić information content (AvgIpc) is 2.79. The van der Waals surface area contributed by atoms with E-state index < -0.39 is 5.82 Å². The van der Waals surface area contributed by atoms with Gasteiger partial charge in [0.2, 0.25) is 0 Å². The van der Waals surface area contributed by atoms with E-state index in [0.717, 1.165) is 25.7 Å². The van der Waals surface area contributed by atoms with Crippen LogP contribution in [0.15, 0.2) is 18.2 Å². The lowest BCUT2D eigenvalue weighted by Gasteiger charge is -2.24. The van der Waals surface area contributed by atoms with E-state index in [0.29, 0.717) is 5.56 Å². The number of nitrogen functional groups attached to an aromatic ring is 1. The molecule has 0 spiro atoms. The summed E-state index contributed by atoms with van der Waals surface area (Å²) in [7, 11) is 1.78. The molecule has 1 aromatic carbocycles. The van der Waals surface area contributed by atoms with Crippen LogP contribution in [0.25, 0.3) is 0 Å². The highest BCUT2D eigenvalue weighted by atomic mass is 19.1. The van der Waals surface area contributed by atoms with E-state index in [2.05, 4.69) is 0 Å². The topological polar surface area (TPSA) is 46.3 Å². The molecule has 1 saturated carbocycles. The second kappa shape index (κ2) is 4.73. The summed E-state index contributed by atoms with van der Waals surface area (Å²) in [5, 5.41) is 0. The van der Waals surface area contributed by atoms with E-state index in [1.807, 2.05) is 0 Å². The van der Waals surface area contributed by atoms with Crippen molar-refractivity contribution in [1.82, 2.24) is 4.90 Å². The van der Waals surface area contributed by atoms with Gasteiger partial charge in [0.15, 0.2) is 0 Å². The first-order valence-corrected chi connectivity index (χ1v) is 5.91. The minimum atomic E-state index is -0.465. The van der Waals surface area contributed by atoms with Gasteiger partial charge in [0, 0.05) is 24.3 Å². The molecule has 92 valence electrons. The Hall–Kier alpha value is -1.58. The summed E-state index contributed by atoms with van der Waals surface area (Å²) in [6.45, 7) is 0. The van der Waals surface area contributed by atoms with E-state index in [1.54, 1.807) is 11.9 Å². The van der Waals surface area contributed by atoms with E-state index in [-0.39, 0.29) is 17.6 Å². The average molecular weight is 236 g/mol. The molecular weight excluding hydrogens is 219 g/mol. The molecule has 0 saturated heterocycles. The first kappa shape index (κ1) is 11.9. The number of hydrogen-bond acceptors (Lipinski definition) is 2. The van der Waals surface area contributed by atoms with Gasteiger partial charge < -0.3 is 10.6 Å². The fourth-order valence-corrected chi connectivity index (χ4v) is 2.40.